The lowest BCUT2D eigenvalue weighted by Gasteiger charge is -2.18. The van der Waals surface area contributed by atoms with Crippen molar-refractivity contribution in [2.75, 3.05) is 27.3 Å². The molecule has 0 aromatic heterocycles. The molecule has 0 bridgehead atoms. The van der Waals surface area contributed by atoms with E-state index in [9.17, 15) is 13.2 Å². The van der Waals surface area contributed by atoms with Crippen molar-refractivity contribution < 1.29 is 27.4 Å². The number of carbonyl (C=O) groups is 1. The van der Waals surface area contributed by atoms with Crippen molar-refractivity contribution in [1.82, 2.24) is 4.31 Å². The smallest absolute Gasteiger partial charge is 0.363 e. The summed E-state index contributed by atoms with van der Waals surface area (Å²) in [6.45, 7) is 4.34. The van der Waals surface area contributed by atoms with Crippen LogP contribution in [0, 0.1) is 0 Å². The van der Waals surface area contributed by atoms with Crippen LogP contribution in [0.15, 0.2) is 58.0 Å². The van der Waals surface area contributed by atoms with E-state index in [4.69, 9.17) is 14.2 Å². The van der Waals surface area contributed by atoms with E-state index in [1.807, 2.05) is 0 Å². The summed E-state index contributed by atoms with van der Waals surface area (Å²) >= 11 is 0. The first kappa shape index (κ1) is 22.5. The van der Waals surface area contributed by atoms with Gasteiger partial charge in [0, 0.05) is 30.3 Å². The van der Waals surface area contributed by atoms with Gasteiger partial charge in [-0.3, -0.25) is 0 Å². The maximum absolute atomic E-state index is 12.6. The van der Waals surface area contributed by atoms with Crippen LogP contribution in [0.1, 0.15) is 25.0 Å². The van der Waals surface area contributed by atoms with Crippen LogP contribution in [0.4, 0.5) is 0 Å². The van der Waals surface area contributed by atoms with Crippen molar-refractivity contribution in [3.8, 4) is 11.5 Å². The lowest BCUT2D eigenvalue weighted by atomic mass is 10.1. The fourth-order valence-electron chi connectivity index (χ4n) is 3.10. The van der Waals surface area contributed by atoms with E-state index in [0.717, 1.165) is 0 Å². The second kappa shape index (κ2) is 9.32. The van der Waals surface area contributed by atoms with Crippen LogP contribution in [-0.2, 0) is 19.6 Å². The highest BCUT2D eigenvalue weighted by atomic mass is 32.2. The third-order valence-corrected chi connectivity index (χ3v) is 6.86. The number of sulfonamides is 1. The number of methoxy groups -OCH3 is 2. The summed E-state index contributed by atoms with van der Waals surface area (Å²) in [5.41, 5.74) is 1.25. The fraction of sp³-hybridized carbons (Fsp3) is 0.273. The molecule has 8 nitrogen and oxygen atoms in total. The van der Waals surface area contributed by atoms with Crippen molar-refractivity contribution in [1.29, 1.82) is 0 Å². The third-order valence-electron chi connectivity index (χ3n) is 4.80. The van der Waals surface area contributed by atoms with Gasteiger partial charge in [0.05, 0.1) is 19.1 Å². The number of benzene rings is 2. The van der Waals surface area contributed by atoms with Gasteiger partial charge in [-0.1, -0.05) is 13.8 Å². The predicted octanol–water partition coefficient (Wildman–Crippen LogP) is 3.08. The fourth-order valence-corrected chi connectivity index (χ4v) is 4.56. The summed E-state index contributed by atoms with van der Waals surface area (Å²) in [5.74, 6) is 0.648. The second-order valence-electron chi connectivity index (χ2n) is 6.56. The van der Waals surface area contributed by atoms with E-state index in [1.165, 1.54) is 23.5 Å². The van der Waals surface area contributed by atoms with E-state index in [0.29, 0.717) is 35.7 Å². The van der Waals surface area contributed by atoms with Gasteiger partial charge in [-0.05, 0) is 42.5 Å². The molecule has 3 rings (SSSR count). The van der Waals surface area contributed by atoms with Gasteiger partial charge in [0.2, 0.25) is 15.9 Å². The van der Waals surface area contributed by atoms with Crippen molar-refractivity contribution in [3.63, 3.8) is 0 Å². The van der Waals surface area contributed by atoms with E-state index < -0.39 is 16.0 Å². The number of cyclic esters (lactones) is 1. The lowest BCUT2D eigenvalue weighted by Crippen LogP contribution is -2.30. The molecule has 9 heteroatoms. The zero-order valence-electron chi connectivity index (χ0n) is 17.8. The zero-order chi connectivity index (χ0) is 22.6. The van der Waals surface area contributed by atoms with Crippen molar-refractivity contribution in [3.05, 3.63) is 59.3 Å². The van der Waals surface area contributed by atoms with Gasteiger partial charge in [-0.2, -0.15) is 4.31 Å². The number of carbonyl (C=O) groups excluding carboxylic acids is 1. The average Bonchev–Trinajstić information content (AvgIpc) is 3.15. The molecule has 0 unspecified atom stereocenters. The highest BCUT2D eigenvalue weighted by Crippen LogP contribution is 2.28. The number of hydrogen-bond acceptors (Lipinski definition) is 7. The molecule has 0 aliphatic carbocycles. The van der Waals surface area contributed by atoms with Crippen LogP contribution in [0.25, 0.3) is 6.08 Å². The van der Waals surface area contributed by atoms with Crippen molar-refractivity contribution in [2.45, 2.75) is 18.7 Å². The number of rotatable bonds is 8. The standard InChI is InChI=1S/C22H24N2O6S/c1-5-24(6-2)31(26,27)18-11-8-15(9-12-18)21-23-19(22(25)30-21)13-16-7-10-17(28-3)14-20(16)29-4/h7-14H,5-6H2,1-4H3/b19-13-. The van der Waals surface area contributed by atoms with Crippen LogP contribution in [0.2, 0.25) is 0 Å². The quantitative estimate of drug-likeness (QED) is 0.459. The summed E-state index contributed by atoms with van der Waals surface area (Å²) in [7, 11) is -0.495. The topological polar surface area (TPSA) is 94.5 Å². The Morgan fingerprint density at radius 2 is 1.71 bits per heavy atom. The minimum absolute atomic E-state index is 0.107. The highest BCUT2D eigenvalue weighted by molar-refractivity contribution is 7.89. The molecule has 31 heavy (non-hydrogen) atoms. The minimum atomic E-state index is -3.57. The second-order valence-corrected chi connectivity index (χ2v) is 8.50. The molecule has 0 saturated heterocycles. The molecule has 2 aromatic carbocycles. The Kier molecular flexibility index (Phi) is 6.77. The molecular weight excluding hydrogens is 420 g/mol. The Labute approximate surface area is 181 Å². The van der Waals surface area contributed by atoms with Gasteiger partial charge >= 0.3 is 5.97 Å². The first-order valence-electron chi connectivity index (χ1n) is 9.69. The molecule has 1 heterocycles. The molecule has 0 saturated carbocycles. The number of ether oxygens (including phenoxy) is 3. The Hall–Kier alpha value is -3.17. The van der Waals surface area contributed by atoms with Gasteiger partial charge in [0.15, 0.2) is 5.70 Å². The van der Waals surface area contributed by atoms with E-state index in [2.05, 4.69) is 4.99 Å². The van der Waals surface area contributed by atoms with Gasteiger partial charge in [0.25, 0.3) is 0 Å². The molecule has 0 spiro atoms. The summed E-state index contributed by atoms with van der Waals surface area (Å²) in [4.78, 5) is 16.7. The Morgan fingerprint density at radius 3 is 2.29 bits per heavy atom. The molecular formula is C22H24N2O6S. The van der Waals surface area contributed by atoms with Crippen molar-refractivity contribution in [2.24, 2.45) is 4.99 Å². The van der Waals surface area contributed by atoms with E-state index >= 15 is 0 Å². The molecule has 0 amide bonds. The highest BCUT2D eigenvalue weighted by Gasteiger charge is 2.26. The van der Waals surface area contributed by atoms with Gasteiger partial charge < -0.3 is 14.2 Å². The van der Waals surface area contributed by atoms with Gasteiger partial charge in [-0.15, -0.1) is 0 Å². The van der Waals surface area contributed by atoms with E-state index in [-0.39, 0.29) is 16.5 Å². The molecule has 0 radical (unpaired) electrons. The normalized spacial score (nSPS) is 15.2. The molecule has 0 fully saturated rings. The molecule has 2 aromatic rings. The molecule has 1 aliphatic heterocycles. The Morgan fingerprint density at radius 1 is 1.03 bits per heavy atom. The Balaban J connectivity index is 1.89. The number of aliphatic imine (C=N–C) groups is 1. The van der Waals surface area contributed by atoms with Gasteiger partial charge in [0.1, 0.15) is 11.5 Å². The first-order chi connectivity index (χ1) is 14.8. The maximum Gasteiger partial charge on any atom is 0.363 e. The zero-order valence-corrected chi connectivity index (χ0v) is 18.6. The Bertz CT molecular complexity index is 1130. The number of nitrogens with zero attached hydrogens (tertiary/aromatic N) is 2. The maximum atomic E-state index is 12.6. The number of hydrogen-bond donors (Lipinski definition) is 0. The predicted molar refractivity (Wildman–Crippen MR) is 117 cm³/mol. The van der Waals surface area contributed by atoms with E-state index in [1.54, 1.807) is 57.4 Å². The number of esters is 1. The summed E-state index contributed by atoms with van der Waals surface area (Å²) in [6, 6.07) is 11.3. The van der Waals surface area contributed by atoms with Crippen LogP contribution < -0.4 is 9.47 Å². The molecule has 164 valence electrons. The van der Waals surface area contributed by atoms with Crippen LogP contribution in [0.3, 0.4) is 0 Å². The molecule has 0 atom stereocenters. The van der Waals surface area contributed by atoms with Crippen LogP contribution >= 0.6 is 0 Å². The molecule has 0 N–H and O–H groups in total. The van der Waals surface area contributed by atoms with Crippen LogP contribution in [-0.4, -0.2) is 51.9 Å². The lowest BCUT2D eigenvalue weighted by molar-refractivity contribution is -0.129. The first-order valence-corrected chi connectivity index (χ1v) is 11.1. The average molecular weight is 445 g/mol. The SMILES string of the molecule is CCN(CC)S(=O)(=O)c1ccc(C2=N/C(=C\c3ccc(OC)cc3OC)C(=O)O2)cc1. The van der Waals surface area contributed by atoms with Gasteiger partial charge in [-0.25, -0.2) is 18.2 Å². The third kappa shape index (κ3) is 4.62. The summed E-state index contributed by atoms with van der Waals surface area (Å²) < 4.78 is 42.4. The summed E-state index contributed by atoms with van der Waals surface area (Å²) in [5, 5.41) is 0. The van der Waals surface area contributed by atoms with Crippen LogP contribution in [0.5, 0.6) is 11.5 Å². The largest absolute Gasteiger partial charge is 0.497 e. The minimum Gasteiger partial charge on any atom is -0.497 e. The monoisotopic (exact) mass is 444 g/mol. The molecule has 1 aliphatic rings. The van der Waals surface area contributed by atoms with Crippen molar-refractivity contribution >= 4 is 28.0 Å². The summed E-state index contributed by atoms with van der Waals surface area (Å²) in [6.07, 6.45) is 1.56.